The highest BCUT2D eigenvalue weighted by molar-refractivity contribution is 9.10. The zero-order chi connectivity index (χ0) is 18.0. The van der Waals surface area contributed by atoms with Gasteiger partial charge in [-0.2, -0.15) is 0 Å². The molecule has 7 heteroatoms. The van der Waals surface area contributed by atoms with Crippen LogP contribution in [0, 0.1) is 6.92 Å². The van der Waals surface area contributed by atoms with Gasteiger partial charge in [-0.05, 0) is 49.3 Å². The first-order valence-corrected chi connectivity index (χ1v) is 9.84. The second-order valence-corrected chi connectivity index (χ2v) is 8.09. The quantitative estimate of drug-likeness (QED) is 0.794. The van der Waals surface area contributed by atoms with E-state index in [1.807, 2.05) is 17.8 Å². The maximum atomic E-state index is 12.5. The highest BCUT2D eigenvalue weighted by Gasteiger charge is 2.21. The molecule has 25 heavy (non-hydrogen) atoms. The van der Waals surface area contributed by atoms with Crippen LogP contribution >= 0.6 is 27.7 Å². The van der Waals surface area contributed by atoms with Crippen molar-refractivity contribution in [2.45, 2.75) is 37.2 Å². The van der Waals surface area contributed by atoms with Gasteiger partial charge in [0.2, 0.25) is 11.3 Å². The summed E-state index contributed by atoms with van der Waals surface area (Å²) < 4.78 is 2.58. The molecule has 1 aliphatic rings. The van der Waals surface area contributed by atoms with Gasteiger partial charge in [-0.15, -0.1) is 11.8 Å². The van der Waals surface area contributed by atoms with Gasteiger partial charge >= 0.3 is 0 Å². The number of carbonyl (C=O) groups excluding carboxylic acids is 1. The molecule has 2 heterocycles. The fourth-order valence-electron chi connectivity index (χ4n) is 2.93. The zero-order valence-corrected chi connectivity index (χ0v) is 16.2. The predicted molar refractivity (Wildman–Crippen MR) is 102 cm³/mol. The number of thioether (sulfide) groups is 1. The van der Waals surface area contributed by atoms with Crippen LogP contribution in [-0.2, 0) is 11.3 Å². The Kier molecular flexibility index (Phi) is 5.54. The third-order valence-electron chi connectivity index (χ3n) is 4.30. The van der Waals surface area contributed by atoms with E-state index in [9.17, 15) is 14.7 Å². The van der Waals surface area contributed by atoms with Crippen LogP contribution in [0.2, 0.25) is 0 Å². The number of aromatic nitrogens is 1. The highest BCUT2D eigenvalue weighted by Crippen LogP contribution is 2.36. The van der Waals surface area contributed by atoms with Crippen LogP contribution in [0.4, 0.5) is 0 Å². The number of fused-ring (bicyclic) bond motifs is 1. The number of pyridine rings is 1. The van der Waals surface area contributed by atoms with Crippen molar-refractivity contribution in [3.05, 3.63) is 56.4 Å². The predicted octanol–water partition coefficient (Wildman–Crippen LogP) is 3.37. The molecule has 0 saturated heterocycles. The number of nitrogens with zero attached hydrogens (tertiary/aromatic N) is 1. The molecule has 0 bridgehead atoms. The van der Waals surface area contributed by atoms with Crippen molar-refractivity contribution in [2.75, 3.05) is 5.75 Å². The molecule has 5 nitrogen and oxygen atoms in total. The van der Waals surface area contributed by atoms with E-state index in [-0.39, 0.29) is 24.2 Å². The summed E-state index contributed by atoms with van der Waals surface area (Å²) in [6.45, 7) is 1.69. The first kappa shape index (κ1) is 18.1. The Balaban J connectivity index is 1.79. The Labute approximate surface area is 158 Å². The van der Waals surface area contributed by atoms with Gasteiger partial charge in [0.05, 0.1) is 11.7 Å². The molecule has 0 aliphatic carbocycles. The summed E-state index contributed by atoms with van der Waals surface area (Å²) in [4.78, 5) is 25.2. The van der Waals surface area contributed by atoms with Crippen molar-refractivity contribution >= 4 is 33.6 Å². The molecular formula is C18H19BrN2O3S. The first-order chi connectivity index (χ1) is 12.0. The lowest BCUT2D eigenvalue weighted by Crippen LogP contribution is -2.32. The Morgan fingerprint density at radius 1 is 1.44 bits per heavy atom. The fraction of sp³-hybridized carbons (Fsp3) is 0.333. The number of amides is 1. The molecule has 1 aromatic heterocycles. The average Bonchev–Trinajstić information content (AvgIpc) is 2.78. The van der Waals surface area contributed by atoms with Gasteiger partial charge in [-0.3, -0.25) is 9.59 Å². The number of nitrogens with one attached hydrogen (secondary N) is 1. The number of benzene rings is 1. The van der Waals surface area contributed by atoms with Crippen molar-refractivity contribution in [2.24, 2.45) is 0 Å². The normalized spacial score (nSPS) is 16.8. The summed E-state index contributed by atoms with van der Waals surface area (Å²) >= 11 is 5.32. The molecule has 1 unspecified atom stereocenters. The summed E-state index contributed by atoms with van der Waals surface area (Å²) in [6.07, 6.45) is 3.45. The maximum absolute atomic E-state index is 12.5. The smallest absolute Gasteiger partial charge is 0.240 e. The highest BCUT2D eigenvalue weighted by atomic mass is 79.9. The SMILES string of the molecule is Cc1c(O)c(=O)ccn1CC(=O)NC1CCCSc2ccc(Br)cc21. The Morgan fingerprint density at radius 2 is 2.24 bits per heavy atom. The topological polar surface area (TPSA) is 71.3 Å². The van der Waals surface area contributed by atoms with E-state index in [0.717, 1.165) is 28.6 Å². The number of carbonyl (C=O) groups is 1. The Hall–Kier alpha value is -1.73. The minimum atomic E-state index is -0.436. The third kappa shape index (κ3) is 4.10. The number of aromatic hydroxyl groups is 1. The van der Waals surface area contributed by atoms with E-state index >= 15 is 0 Å². The molecule has 132 valence electrons. The Morgan fingerprint density at radius 3 is 3.04 bits per heavy atom. The van der Waals surface area contributed by atoms with Gasteiger partial charge < -0.3 is 15.0 Å². The lowest BCUT2D eigenvalue weighted by atomic mass is 10.0. The van der Waals surface area contributed by atoms with Crippen LogP contribution in [-0.4, -0.2) is 21.3 Å². The summed E-state index contributed by atoms with van der Waals surface area (Å²) in [5.41, 5.74) is 1.08. The fourth-order valence-corrected chi connectivity index (χ4v) is 4.37. The lowest BCUT2D eigenvalue weighted by molar-refractivity contribution is -0.122. The molecule has 1 amide bonds. The molecule has 2 N–H and O–H groups in total. The number of hydrogen-bond acceptors (Lipinski definition) is 4. The summed E-state index contributed by atoms with van der Waals surface area (Å²) in [5, 5.41) is 12.8. The van der Waals surface area contributed by atoms with Crippen LogP contribution in [0.1, 0.15) is 30.1 Å². The van der Waals surface area contributed by atoms with Crippen molar-refractivity contribution < 1.29 is 9.90 Å². The number of hydrogen-bond donors (Lipinski definition) is 2. The summed E-state index contributed by atoms with van der Waals surface area (Å²) in [6, 6.07) is 7.39. The van der Waals surface area contributed by atoms with Crippen LogP contribution < -0.4 is 10.7 Å². The van der Waals surface area contributed by atoms with Crippen LogP contribution in [0.25, 0.3) is 0 Å². The average molecular weight is 423 g/mol. The molecule has 0 spiro atoms. The van der Waals surface area contributed by atoms with Crippen LogP contribution in [0.15, 0.2) is 44.6 Å². The third-order valence-corrected chi connectivity index (χ3v) is 5.97. The number of halogens is 1. The lowest BCUT2D eigenvalue weighted by Gasteiger charge is -2.20. The molecule has 3 rings (SSSR count). The van der Waals surface area contributed by atoms with Crippen LogP contribution in [0.3, 0.4) is 0 Å². The van der Waals surface area contributed by atoms with Crippen molar-refractivity contribution in [1.82, 2.24) is 9.88 Å². The molecule has 1 aliphatic heterocycles. The summed E-state index contributed by atoms with van der Waals surface area (Å²) in [5.74, 6) is 0.581. The zero-order valence-electron chi connectivity index (χ0n) is 13.8. The van der Waals surface area contributed by atoms with Crippen molar-refractivity contribution in [1.29, 1.82) is 0 Å². The molecular weight excluding hydrogens is 404 g/mol. The molecule has 0 fully saturated rings. The molecule has 2 aromatic rings. The van der Waals surface area contributed by atoms with E-state index in [4.69, 9.17) is 0 Å². The Bertz CT molecular complexity index is 866. The van der Waals surface area contributed by atoms with E-state index in [0.29, 0.717) is 5.69 Å². The summed E-state index contributed by atoms with van der Waals surface area (Å²) in [7, 11) is 0. The maximum Gasteiger partial charge on any atom is 0.240 e. The molecule has 1 aromatic carbocycles. The monoisotopic (exact) mass is 422 g/mol. The van der Waals surface area contributed by atoms with Gasteiger partial charge in [0.25, 0.3) is 0 Å². The first-order valence-electron chi connectivity index (χ1n) is 8.06. The van der Waals surface area contributed by atoms with E-state index in [2.05, 4.69) is 33.4 Å². The van der Waals surface area contributed by atoms with Gasteiger partial charge in [0.1, 0.15) is 6.54 Å². The van der Waals surface area contributed by atoms with Gasteiger partial charge in [0.15, 0.2) is 5.75 Å². The van der Waals surface area contributed by atoms with Crippen molar-refractivity contribution in [3.8, 4) is 5.75 Å². The van der Waals surface area contributed by atoms with Gasteiger partial charge in [0, 0.05) is 21.6 Å². The second kappa shape index (κ2) is 7.66. The largest absolute Gasteiger partial charge is 0.503 e. The number of rotatable bonds is 3. The standard InChI is InChI=1S/C18H19BrN2O3S/c1-11-18(24)15(22)6-7-21(11)10-17(23)20-14-3-2-8-25-16-5-4-12(19)9-13(14)16/h4-7,9,14,24H,2-3,8,10H2,1H3,(H,20,23). The minimum Gasteiger partial charge on any atom is -0.503 e. The van der Waals surface area contributed by atoms with E-state index < -0.39 is 5.43 Å². The van der Waals surface area contributed by atoms with Gasteiger partial charge in [-0.25, -0.2) is 0 Å². The molecule has 0 saturated carbocycles. The van der Waals surface area contributed by atoms with E-state index in [1.165, 1.54) is 17.2 Å². The second-order valence-electron chi connectivity index (χ2n) is 6.03. The molecule has 1 atom stereocenters. The minimum absolute atomic E-state index is 0.0386. The van der Waals surface area contributed by atoms with Gasteiger partial charge in [-0.1, -0.05) is 15.9 Å². The van der Waals surface area contributed by atoms with E-state index in [1.54, 1.807) is 11.5 Å². The van der Waals surface area contributed by atoms with Crippen LogP contribution in [0.5, 0.6) is 5.75 Å². The van der Waals surface area contributed by atoms with Crippen molar-refractivity contribution in [3.63, 3.8) is 0 Å². The molecule has 0 radical (unpaired) electrons.